The predicted octanol–water partition coefficient (Wildman–Crippen LogP) is 6.32. The number of aryl methyl sites for hydroxylation is 2. The monoisotopic (exact) mass is 752 g/mol. The minimum atomic E-state index is -0.354. The number of urea groups is 1. The summed E-state index contributed by atoms with van der Waals surface area (Å²) in [7, 11) is 0. The Hall–Kier alpha value is -6.21. The average molecular weight is 753 g/mol. The minimum absolute atomic E-state index is 0.0726. The molecule has 0 spiro atoms. The molecule has 0 aliphatic carbocycles. The Morgan fingerprint density at radius 2 is 1.66 bits per heavy atom. The van der Waals surface area contributed by atoms with Gasteiger partial charge in [-0.2, -0.15) is 0 Å². The third-order valence-electron chi connectivity index (χ3n) is 11.3. The zero-order valence-corrected chi connectivity index (χ0v) is 31.3. The summed E-state index contributed by atoms with van der Waals surface area (Å²) in [6.45, 7) is 6.14. The van der Waals surface area contributed by atoms with Gasteiger partial charge in [-0.3, -0.25) is 29.4 Å². The summed E-state index contributed by atoms with van der Waals surface area (Å²) < 4.78 is 23.9. The first-order chi connectivity index (χ1) is 27.2. The summed E-state index contributed by atoms with van der Waals surface area (Å²) in [6, 6.07) is 20.6. The summed E-state index contributed by atoms with van der Waals surface area (Å²) in [5.74, 6) is -0.0292. The molecule has 0 atom stereocenters. The number of carbonyl (C=O) groups excluding carboxylic acids is 2. The maximum absolute atomic E-state index is 14.9. The molecule has 0 saturated carbocycles. The van der Waals surface area contributed by atoms with Crippen LogP contribution in [0.2, 0.25) is 0 Å². The molecule has 3 aliphatic heterocycles. The molecule has 2 fully saturated rings. The van der Waals surface area contributed by atoms with E-state index in [1.54, 1.807) is 54.4 Å². The van der Waals surface area contributed by atoms with Crippen molar-refractivity contribution in [1.82, 2.24) is 29.0 Å². The fourth-order valence-electron chi connectivity index (χ4n) is 8.34. The highest BCUT2D eigenvalue weighted by Gasteiger charge is 2.36. The lowest BCUT2D eigenvalue weighted by Gasteiger charge is -2.30. The molecule has 3 amide bonds. The van der Waals surface area contributed by atoms with Crippen LogP contribution in [-0.4, -0.2) is 73.8 Å². The number of halogens is 1. The molecule has 3 aliphatic rings. The van der Waals surface area contributed by atoms with Crippen LogP contribution in [0, 0.1) is 19.7 Å². The van der Waals surface area contributed by atoms with E-state index in [0.29, 0.717) is 52.8 Å². The summed E-state index contributed by atoms with van der Waals surface area (Å²) >= 11 is 0. The molecule has 6 heterocycles. The van der Waals surface area contributed by atoms with Crippen LogP contribution in [0.25, 0.3) is 16.6 Å². The van der Waals surface area contributed by atoms with Gasteiger partial charge < -0.3 is 14.2 Å². The lowest BCUT2D eigenvalue weighted by molar-refractivity contribution is 0.0721. The summed E-state index contributed by atoms with van der Waals surface area (Å²) in [6.07, 6.45) is 7.13. The van der Waals surface area contributed by atoms with Crippen LogP contribution in [0.1, 0.15) is 62.9 Å². The Labute approximate surface area is 322 Å². The largest absolute Gasteiger partial charge is 0.381 e. The average Bonchev–Trinajstić information content (AvgIpc) is 3.79. The summed E-state index contributed by atoms with van der Waals surface area (Å²) in [4.78, 5) is 62.0. The van der Waals surface area contributed by atoms with E-state index in [9.17, 15) is 18.8 Å². The highest BCUT2D eigenvalue weighted by Crippen LogP contribution is 2.33. The number of carbonyl (C=O) groups is 2. The molecule has 0 N–H and O–H groups in total. The number of amides is 3. The van der Waals surface area contributed by atoms with Gasteiger partial charge in [0.25, 0.3) is 11.5 Å². The first-order valence-corrected chi connectivity index (χ1v) is 19.1. The second-order valence-corrected chi connectivity index (χ2v) is 14.8. The quantitative estimate of drug-likeness (QED) is 0.187. The van der Waals surface area contributed by atoms with E-state index in [2.05, 4.69) is 28.2 Å². The second-order valence-electron chi connectivity index (χ2n) is 14.8. The highest BCUT2D eigenvalue weighted by molar-refractivity contribution is 6.05. The number of anilines is 2. The van der Waals surface area contributed by atoms with Gasteiger partial charge in [-0.1, -0.05) is 24.3 Å². The van der Waals surface area contributed by atoms with Crippen molar-refractivity contribution in [2.24, 2.45) is 0 Å². The Balaban J connectivity index is 1.11. The van der Waals surface area contributed by atoms with E-state index < -0.39 is 0 Å². The Morgan fingerprint density at radius 3 is 2.41 bits per heavy atom. The van der Waals surface area contributed by atoms with Crippen molar-refractivity contribution in [2.45, 2.75) is 52.1 Å². The van der Waals surface area contributed by atoms with E-state index in [1.165, 1.54) is 15.0 Å². The highest BCUT2D eigenvalue weighted by atomic mass is 19.1. The van der Waals surface area contributed by atoms with E-state index in [1.807, 2.05) is 41.0 Å². The van der Waals surface area contributed by atoms with Gasteiger partial charge in [-0.25, -0.2) is 18.7 Å². The van der Waals surface area contributed by atoms with Gasteiger partial charge in [0.2, 0.25) is 5.95 Å². The second kappa shape index (κ2) is 14.5. The SMILES string of the molecule is Cc1cc(-n2c(N3CCN(c4ccccc4)C3=O)nc3c(c2=O)CCN(C(=O)c2cc4cc(C5CCOCC5)ccc4n2Cc2cnccn2)C3)cc(C)c1F. The molecule has 13 heteroatoms. The van der Waals surface area contributed by atoms with Gasteiger partial charge in [-0.05, 0) is 98.2 Å². The van der Waals surface area contributed by atoms with Gasteiger partial charge in [0.1, 0.15) is 11.5 Å². The first kappa shape index (κ1) is 35.5. The molecule has 284 valence electrons. The van der Waals surface area contributed by atoms with Crippen LogP contribution in [0.3, 0.4) is 0 Å². The van der Waals surface area contributed by atoms with Crippen LogP contribution in [-0.2, 0) is 24.2 Å². The zero-order valence-electron chi connectivity index (χ0n) is 31.3. The standard InChI is InChI=1S/C43H41FN8O4/c1-27-20-34(21-28(2)39(27)44)52-40(53)35-10-15-48(26-36(35)47-42(52)50-17-16-49(43(50)55)33-6-4-3-5-7-33)41(54)38-23-31-22-30(29-11-18-56-19-12-29)8-9-37(31)51(38)25-32-24-45-13-14-46-32/h3-9,13-14,20-24,29H,10-12,15-19,25-26H2,1-2H3. The van der Waals surface area contributed by atoms with Crippen molar-refractivity contribution in [2.75, 3.05) is 42.6 Å². The van der Waals surface area contributed by atoms with E-state index >= 15 is 0 Å². The number of para-hydroxylation sites is 1. The van der Waals surface area contributed by atoms with Crippen LogP contribution >= 0.6 is 0 Å². The van der Waals surface area contributed by atoms with Gasteiger partial charge in [0.05, 0.1) is 36.4 Å². The number of ether oxygens (including phenoxy) is 1. The molecule has 0 radical (unpaired) electrons. The summed E-state index contributed by atoms with van der Waals surface area (Å²) in [5.41, 5.74) is 5.82. The number of aromatic nitrogens is 5. The number of fused-ring (bicyclic) bond motifs is 2. The van der Waals surface area contributed by atoms with E-state index in [0.717, 1.165) is 48.3 Å². The Kier molecular flexibility index (Phi) is 9.16. The fraction of sp³-hybridized carbons (Fsp3) is 0.302. The van der Waals surface area contributed by atoms with Gasteiger partial charge in [0.15, 0.2) is 0 Å². The van der Waals surface area contributed by atoms with E-state index in [-0.39, 0.29) is 55.3 Å². The molecule has 56 heavy (non-hydrogen) atoms. The molecule has 12 nitrogen and oxygen atoms in total. The minimum Gasteiger partial charge on any atom is -0.381 e. The Bertz CT molecular complexity index is 2530. The predicted molar refractivity (Wildman–Crippen MR) is 210 cm³/mol. The fourth-order valence-corrected chi connectivity index (χ4v) is 8.34. The third-order valence-corrected chi connectivity index (χ3v) is 11.3. The molecule has 3 aromatic carbocycles. The number of nitrogens with zero attached hydrogens (tertiary/aromatic N) is 8. The van der Waals surface area contributed by atoms with Crippen LogP contribution < -0.4 is 15.4 Å². The molecule has 9 rings (SSSR count). The molecular weight excluding hydrogens is 712 g/mol. The van der Waals surface area contributed by atoms with Crippen molar-refractivity contribution in [3.8, 4) is 5.69 Å². The van der Waals surface area contributed by atoms with Crippen molar-refractivity contribution in [1.29, 1.82) is 0 Å². The van der Waals surface area contributed by atoms with Gasteiger partial charge in [-0.15, -0.1) is 0 Å². The van der Waals surface area contributed by atoms with Gasteiger partial charge >= 0.3 is 6.03 Å². The normalized spacial score (nSPS) is 16.2. The topological polar surface area (TPSA) is 119 Å². The van der Waals surface area contributed by atoms with Crippen LogP contribution in [0.5, 0.6) is 0 Å². The molecule has 2 saturated heterocycles. The lowest BCUT2D eigenvalue weighted by Crippen LogP contribution is -2.43. The van der Waals surface area contributed by atoms with E-state index in [4.69, 9.17) is 9.72 Å². The van der Waals surface area contributed by atoms with Gasteiger partial charge in [0, 0.05) is 67.4 Å². The smallest absolute Gasteiger partial charge is 0.331 e. The van der Waals surface area contributed by atoms with Crippen LogP contribution in [0.4, 0.5) is 20.8 Å². The van der Waals surface area contributed by atoms with Crippen molar-refractivity contribution < 1.29 is 18.7 Å². The lowest BCUT2D eigenvalue weighted by atomic mass is 9.91. The number of hydrogen-bond donors (Lipinski definition) is 0. The van der Waals surface area contributed by atoms with Crippen molar-refractivity contribution >= 4 is 34.5 Å². The molecule has 3 aromatic heterocycles. The third kappa shape index (κ3) is 6.31. The number of rotatable bonds is 7. The maximum atomic E-state index is 14.9. The summed E-state index contributed by atoms with van der Waals surface area (Å²) in [5, 5.41) is 0.961. The van der Waals surface area contributed by atoms with Crippen molar-refractivity contribution in [3.63, 3.8) is 0 Å². The maximum Gasteiger partial charge on any atom is 0.331 e. The first-order valence-electron chi connectivity index (χ1n) is 19.1. The van der Waals surface area contributed by atoms with Crippen molar-refractivity contribution in [3.05, 3.63) is 141 Å². The Morgan fingerprint density at radius 1 is 0.893 bits per heavy atom. The van der Waals surface area contributed by atoms with Crippen LogP contribution in [0.15, 0.2) is 90.1 Å². The molecule has 0 unspecified atom stereocenters. The number of hydrogen-bond acceptors (Lipinski definition) is 7. The molecule has 6 aromatic rings. The molecular formula is C43H41FN8O4. The zero-order chi connectivity index (χ0) is 38.5. The molecule has 0 bridgehead atoms. The number of benzene rings is 3.